The number of phenolic OH excluding ortho intramolecular Hbond substituents is 1. The second-order valence-electron chi connectivity index (χ2n) is 6.45. The zero-order chi connectivity index (χ0) is 16.9. The van der Waals surface area contributed by atoms with Crippen LogP contribution in [0, 0.1) is 5.92 Å². The Morgan fingerprint density at radius 3 is 2.46 bits per heavy atom. The van der Waals surface area contributed by atoms with Crippen LogP contribution in [0.3, 0.4) is 0 Å². The van der Waals surface area contributed by atoms with E-state index in [-0.39, 0.29) is 22.5 Å². The molecule has 6 heteroatoms. The molecule has 4 rings (SSSR count). The van der Waals surface area contributed by atoms with E-state index < -0.39 is 10.0 Å². The number of aromatic hydroxyl groups is 1. The molecule has 1 aliphatic carbocycles. The quantitative estimate of drug-likeness (QED) is 0.878. The third-order valence-corrected chi connectivity index (χ3v) is 5.91. The van der Waals surface area contributed by atoms with E-state index in [4.69, 9.17) is 10.1 Å². The second-order valence-corrected chi connectivity index (χ2v) is 8.01. The summed E-state index contributed by atoms with van der Waals surface area (Å²) in [6, 6.07) is 12.0. The number of rotatable bonds is 2. The van der Waals surface area contributed by atoms with Crippen LogP contribution < -0.4 is 5.14 Å². The number of hydrogen-bond donors (Lipinski definition) is 2. The summed E-state index contributed by atoms with van der Waals surface area (Å²) in [5.41, 5.74) is 3.82. The molecular formula is C18H18N2O3S. The number of nitrogens with two attached hydrogens (primary N) is 1. The lowest BCUT2D eigenvalue weighted by Crippen LogP contribution is -2.23. The first-order valence-electron chi connectivity index (χ1n) is 7.98. The van der Waals surface area contributed by atoms with Crippen molar-refractivity contribution >= 4 is 21.4 Å². The predicted molar refractivity (Wildman–Crippen MR) is 92.2 cm³/mol. The van der Waals surface area contributed by atoms with Crippen molar-refractivity contribution in [1.82, 2.24) is 0 Å². The Hall–Kier alpha value is -2.18. The van der Waals surface area contributed by atoms with Crippen molar-refractivity contribution in [1.29, 1.82) is 0 Å². The number of phenols is 1. The Bertz CT molecular complexity index is 933. The summed E-state index contributed by atoms with van der Waals surface area (Å²) in [6.45, 7) is 0. The maximum atomic E-state index is 11.6. The standard InChI is InChI=1S/C18H18N2O3S/c19-24(22,23)13-8-9-17-16(10-13)14-2-1-3-15(14)18(20-17)11-4-6-12(21)7-5-11/h4-10,14-15,21H,1-3H2,(H2,19,22,23)/t14-,15+/m1/s1. The Morgan fingerprint density at radius 2 is 1.75 bits per heavy atom. The zero-order valence-corrected chi connectivity index (χ0v) is 13.8. The van der Waals surface area contributed by atoms with Gasteiger partial charge < -0.3 is 5.11 Å². The molecule has 1 saturated carbocycles. The number of aliphatic imine (C=N–C) groups is 1. The summed E-state index contributed by atoms with van der Waals surface area (Å²) in [5, 5.41) is 14.8. The molecule has 2 aromatic rings. The molecule has 2 aromatic carbocycles. The Balaban J connectivity index is 1.86. The molecule has 0 amide bonds. The maximum absolute atomic E-state index is 11.6. The Labute approximate surface area is 140 Å². The van der Waals surface area contributed by atoms with E-state index in [9.17, 15) is 13.5 Å². The van der Waals surface area contributed by atoms with Gasteiger partial charge in [0, 0.05) is 5.92 Å². The van der Waals surface area contributed by atoms with Crippen LogP contribution in [-0.2, 0) is 10.0 Å². The van der Waals surface area contributed by atoms with E-state index in [2.05, 4.69) is 0 Å². The van der Waals surface area contributed by atoms with E-state index in [1.54, 1.807) is 24.3 Å². The fourth-order valence-corrected chi connectivity index (χ4v) is 4.44. The summed E-state index contributed by atoms with van der Waals surface area (Å²) in [5.74, 6) is 0.775. The Morgan fingerprint density at radius 1 is 1.04 bits per heavy atom. The highest BCUT2D eigenvalue weighted by Gasteiger charge is 2.37. The molecule has 0 radical (unpaired) electrons. The summed E-state index contributed by atoms with van der Waals surface area (Å²) in [4.78, 5) is 4.96. The van der Waals surface area contributed by atoms with Crippen LogP contribution >= 0.6 is 0 Å². The first-order chi connectivity index (χ1) is 11.4. The van der Waals surface area contributed by atoms with Gasteiger partial charge in [-0.25, -0.2) is 13.6 Å². The smallest absolute Gasteiger partial charge is 0.238 e. The molecule has 0 spiro atoms. The van der Waals surface area contributed by atoms with Crippen molar-refractivity contribution in [3.8, 4) is 5.75 Å². The lowest BCUT2D eigenvalue weighted by molar-refractivity contribution is 0.475. The number of nitrogens with zero attached hydrogens (tertiary/aromatic N) is 1. The van der Waals surface area contributed by atoms with Gasteiger partial charge in [-0.3, -0.25) is 4.99 Å². The molecular weight excluding hydrogens is 324 g/mol. The van der Waals surface area contributed by atoms with Crippen molar-refractivity contribution in [2.45, 2.75) is 30.1 Å². The number of sulfonamides is 1. The van der Waals surface area contributed by atoms with Crippen LogP contribution in [0.1, 0.15) is 36.3 Å². The van der Waals surface area contributed by atoms with Gasteiger partial charge in [0.05, 0.1) is 16.3 Å². The van der Waals surface area contributed by atoms with E-state index in [0.717, 1.165) is 41.8 Å². The molecule has 24 heavy (non-hydrogen) atoms. The third kappa shape index (κ3) is 2.52. The van der Waals surface area contributed by atoms with Gasteiger partial charge >= 0.3 is 0 Å². The van der Waals surface area contributed by atoms with E-state index in [1.807, 2.05) is 12.1 Å². The van der Waals surface area contributed by atoms with Gasteiger partial charge in [-0.05, 0) is 72.4 Å². The molecule has 0 saturated heterocycles. The minimum atomic E-state index is -3.71. The molecule has 2 aliphatic rings. The monoisotopic (exact) mass is 342 g/mol. The minimum absolute atomic E-state index is 0.148. The number of hydrogen-bond acceptors (Lipinski definition) is 4. The average Bonchev–Trinajstić information content (AvgIpc) is 3.03. The van der Waals surface area contributed by atoms with Crippen LogP contribution in [-0.4, -0.2) is 19.2 Å². The Kier molecular flexibility index (Phi) is 3.47. The number of benzene rings is 2. The highest BCUT2D eigenvalue weighted by molar-refractivity contribution is 7.89. The van der Waals surface area contributed by atoms with Crippen LogP contribution in [0.15, 0.2) is 52.4 Å². The summed E-state index contributed by atoms with van der Waals surface area (Å²) in [7, 11) is -3.71. The van der Waals surface area contributed by atoms with Gasteiger partial charge in [0.25, 0.3) is 0 Å². The van der Waals surface area contributed by atoms with Crippen molar-refractivity contribution in [2.75, 3.05) is 0 Å². The van der Waals surface area contributed by atoms with Crippen molar-refractivity contribution < 1.29 is 13.5 Å². The molecule has 0 aromatic heterocycles. The highest BCUT2D eigenvalue weighted by atomic mass is 32.2. The van der Waals surface area contributed by atoms with Crippen LogP contribution in [0.5, 0.6) is 5.75 Å². The number of fused-ring (bicyclic) bond motifs is 3. The molecule has 0 unspecified atom stereocenters. The van der Waals surface area contributed by atoms with Crippen LogP contribution in [0.25, 0.3) is 0 Å². The van der Waals surface area contributed by atoms with Gasteiger partial charge in [-0.1, -0.05) is 6.42 Å². The summed E-state index contributed by atoms with van der Waals surface area (Å²) >= 11 is 0. The average molecular weight is 342 g/mol. The van der Waals surface area contributed by atoms with Crippen molar-refractivity contribution in [3.05, 3.63) is 53.6 Å². The molecule has 3 N–H and O–H groups in total. The van der Waals surface area contributed by atoms with Gasteiger partial charge in [-0.15, -0.1) is 0 Å². The SMILES string of the molecule is NS(=O)(=O)c1ccc2c(c1)[C@@H]1CCC[C@@H]1C(c1ccc(O)cc1)=N2. The molecule has 1 heterocycles. The molecule has 0 bridgehead atoms. The maximum Gasteiger partial charge on any atom is 0.238 e. The van der Waals surface area contributed by atoms with Gasteiger partial charge in [-0.2, -0.15) is 0 Å². The van der Waals surface area contributed by atoms with E-state index in [1.165, 1.54) is 6.07 Å². The summed E-state index contributed by atoms with van der Waals surface area (Å²) < 4.78 is 23.3. The van der Waals surface area contributed by atoms with E-state index in [0.29, 0.717) is 0 Å². The zero-order valence-electron chi connectivity index (χ0n) is 13.0. The molecule has 2 atom stereocenters. The lowest BCUT2D eigenvalue weighted by atomic mass is 9.80. The van der Waals surface area contributed by atoms with Gasteiger partial charge in [0.15, 0.2) is 0 Å². The minimum Gasteiger partial charge on any atom is -0.508 e. The first-order valence-corrected chi connectivity index (χ1v) is 9.53. The topological polar surface area (TPSA) is 92.8 Å². The predicted octanol–water partition coefficient (Wildman–Crippen LogP) is 3.06. The second kappa shape index (κ2) is 5.43. The van der Waals surface area contributed by atoms with E-state index >= 15 is 0 Å². The van der Waals surface area contributed by atoms with Crippen molar-refractivity contribution in [2.24, 2.45) is 16.0 Å². The van der Waals surface area contributed by atoms with Crippen LogP contribution in [0.4, 0.5) is 5.69 Å². The molecule has 124 valence electrons. The molecule has 1 aliphatic heterocycles. The van der Waals surface area contributed by atoms with Crippen molar-refractivity contribution in [3.63, 3.8) is 0 Å². The normalized spacial score (nSPS) is 22.6. The summed E-state index contributed by atoms with van der Waals surface area (Å²) in [6.07, 6.45) is 3.14. The van der Waals surface area contributed by atoms with Gasteiger partial charge in [0.2, 0.25) is 10.0 Å². The largest absolute Gasteiger partial charge is 0.508 e. The number of primary sulfonamides is 1. The lowest BCUT2D eigenvalue weighted by Gasteiger charge is -2.28. The fraction of sp³-hybridized carbons (Fsp3) is 0.278. The first kappa shape index (κ1) is 15.4. The molecule has 1 fully saturated rings. The van der Waals surface area contributed by atoms with Gasteiger partial charge in [0.1, 0.15) is 5.75 Å². The van der Waals surface area contributed by atoms with Crippen LogP contribution in [0.2, 0.25) is 0 Å². The fourth-order valence-electron chi connectivity index (χ4n) is 3.89. The highest BCUT2D eigenvalue weighted by Crippen LogP contribution is 2.48. The third-order valence-electron chi connectivity index (χ3n) is 5.00. The molecule has 5 nitrogen and oxygen atoms in total.